The van der Waals surface area contributed by atoms with Crippen molar-refractivity contribution in [3.8, 4) is 22.6 Å². The molecule has 7 heteroatoms. The molecule has 0 aliphatic heterocycles. The van der Waals surface area contributed by atoms with E-state index in [4.69, 9.17) is 9.47 Å². The smallest absolute Gasteiger partial charge is 0.193 e. The summed E-state index contributed by atoms with van der Waals surface area (Å²) >= 11 is 0. The van der Waals surface area contributed by atoms with Crippen molar-refractivity contribution < 1.29 is 18.3 Å². The van der Waals surface area contributed by atoms with Crippen LogP contribution in [0.25, 0.3) is 22.0 Å². The molecular weight excluding hydrogens is 450 g/mol. The lowest BCUT2D eigenvalue weighted by atomic mass is 9.98. The number of halogens is 2. The zero-order chi connectivity index (χ0) is 24.9. The second-order valence-corrected chi connectivity index (χ2v) is 9.02. The predicted octanol–water partition coefficient (Wildman–Crippen LogP) is 5.90. The highest BCUT2D eigenvalue weighted by atomic mass is 19.1. The number of aromatic nitrogens is 2. The summed E-state index contributed by atoms with van der Waals surface area (Å²) in [4.78, 5) is 17.9. The van der Waals surface area contributed by atoms with Crippen molar-refractivity contribution in [1.29, 1.82) is 0 Å². The van der Waals surface area contributed by atoms with E-state index in [1.807, 2.05) is 0 Å². The number of fused-ring (bicyclic) bond motifs is 1. The molecule has 1 aliphatic carbocycles. The summed E-state index contributed by atoms with van der Waals surface area (Å²) < 4.78 is 44.2. The summed E-state index contributed by atoms with van der Waals surface area (Å²) in [6, 6.07) is 9.93. The Morgan fingerprint density at radius 2 is 1.66 bits per heavy atom. The fraction of sp³-hybridized carbons (Fsp3) is 0.286. The Kier molecular flexibility index (Phi) is 5.79. The minimum Gasteiger partial charge on any atom is -0.496 e. The minimum atomic E-state index is -0.772. The SMILES string of the molecule is COc1cccc(OC)c1Cc1cn(C2CC2)c2c(F)c(-c3cc(C)nc(C)c3)c(F)cc2c1=O. The van der Waals surface area contributed by atoms with Crippen LogP contribution < -0.4 is 14.9 Å². The van der Waals surface area contributed by atoms with Crippen LogP contribution in [0.3, 0.4) is 0 Å². The predicted molar refractivity (Wildman–Crippen MR) is 131 cm³/mol. The molecule has 2 aromatic heterocycles. The Balaban J connectivity index is 1.75. The normalized spacial score (nSPS) is 13.3. The number of nitrogens with zero attached hydrogens (tertiary/aromatic N) is 2. The maximum Gasteiger partial charge on any atom is 0.193 e. The molecule has 0 saturated heterocycles. The molecular formula is C28H26F2N2O3. The molecule has 2 aromatic carbocycles. The van der Waals surface area contributed by atoms with Crippen LogP contribution in [0.1, 0.15) is 41.4 Å². The summed E-state index contributed by atoms with van der Waals surface area (Å²) in [6.07, 6.45) is 3.66. The highest BCUT2D eigenvalue weighted by Crippen LogP contribution is 2.40. The molecule has 0 amide bonds. The van der Waals surface area contributed by atoms with E-state index in [0.717, 1.165) is 12.8 Å². The number of hydrogen-bond acceptors (Lipinski definition) is 4. The standard InChI is InChI=1S/C28H26F2N2O3/c1-15-10-17(11-16(2)31-15)25-22(29)13-21-27(26(25)30)32(19-8-9-19)14-18(28(21)33)12-20-23(34-3)6-5-7-24(20)35-4/h5-7,10-11,13-14,19H,8-9,12H2,1-4H3. The van der Waals surface area contributed by atoms with Gasteiger partial charge < -0.3 is 14.0 Å². The zero-order valence-electron chi connectivity index (χ0n) is 20.1. The van der Waals surface area contributed by atoms with Crippen LogP contribution in [-0.4, -0.2) is 23.8 Å². The van der Waals surface area contributed by atoms with Gasteiger partial charge in [-0.25, -0.2) is 8.78 Å². The van der Waals surface area contributed by atoms with E-state index in [1.165, 1.54) is 6.07 Å². The van der Waals surface area contributed by atoms with Crippen molar-refractivity contribution in [2.75, 3.05) is 14.2 Å². The van der Waals surface area contributed by atoms with Crippen LogP contribution in [0.15, 0.2) is 47.4 Å². The van der Waals surface area contributed by atoms with Crippen molar-refractivity contribution in [3.05, 3.63) is 87.0 Å². The number of hydrogen-bond donors (Lipinski definition) is 0. The molecule has 0 spiro atoms. The molecule has 5 rings (SSSR count). The molecule has 2 heterocycles. The molecule has 35 heavy (non-hydrogen) atoms. The van der Waals surface area contributed by atoms with Gasteiger partial charge in [0.25, 0.3) is 0 Å². The minimum absolute atomic E-state index is 0.0320. The van der Waals surface area contributed by atoms with Gasteiger partial charge in [0.2, 0.25) is 0 Å². The van der Waals surface area contributed by atoms with Gasteiger partial charge in [-0.3, -0.25) is 9.78 Å². The third kappa shape index (κ3) is 4.05. The van der Waals surface area contributed by atoms with E-state index in [1.54, 1.807) is 69.2 Å². The number of pyridine rings is 2. The first-order chi connectivity index (χ1) is 16.8. The highest BCUT2D eigenvalue weighted by Gasteiger charge is 2.29. The zero-order valence-corrected chi connectivity index (χ0v) is 20.1. The third-order valence-electron chi connectivity index (χ3n) is 6.49. The third-order valence-corrected chi connectivity index (χ3v) is 6.49. The van der Waals surface area contributed by atoms with E-state index in [2.05, 4.69) is 4.98 Å². The molecule has 4 aromatic rings. The average molecular weight is 477 g/mol. The Hall–Kier alpha value is -3.74. The fourth-order valence-corrected chi connectivity index (χ4v) is 4.80. The first-order valence-electron chi connectivity index (χ1n) is 11.5. The maximum absolute atomic E-state index is 16.0. The Morgan fingerprint density at radius 3 is 2.23 bits per heavy atom. The van der Waals surface area contributed by atoms with Crippen LogP contribution in [-0.2, 0) is 6.42 Å². The van der Waals surface area contributed by atoms with Gasteiger partial charge in [0, 0.05) is 41.2 Å². The first kappa shape index (κ1) is 23.0. The molecule has 1 saturated carbocycles. The molecule has 0 atom stereocenters. The first-order valence-corrected chi connectivity index (χ1v) is 11.5. The van der Waals surface area contributed by atoms with E-state index in [9.17, 15) is 4.79 Å². The molecule has 180 valence electrons. The van der Waals surface area contributed by atoms with Crippen molar-refractivity contribution in [1.82, 2.24) is 9.55 Å². The van der Waals surface area contributed by atoms with E-state index in [-0.39, 0.29) is 28.9 Å². The van der Waals surface area contributed by atoms with E-state index >= 15 is 8.78 Å². The lowest BCUT2D eigenvalue weighted by Crippen LogP contribution is -2.17. The van der Waals surface area contributed by atoms with Crippen molar-refractivity contribution >= 4 is 10.9 Å². The number of ether oxygens (including phenoxy) is 2. The lowest BCUT2D eigenvalue weighted by molar-refractivity contribution is 0.386. The van der Waals surface area contributed by atoms with Crippen LogP contribution in [0.2, 0.25) is 0 Å². The molecule has 0 radical (unpaired) electrons. The van der Waals surface area contributed by atoms with Gasteiger partial charge in [-0.2, -0.15) is 0 Å². The summed E-state index contributed by atoms with van der Waals surface area (Å²) in [7, 11) is 3.10. The van der Waals surface area contributed by atoms with Gasteiger partial charge >= 0.3 is 0 Å². The van der Waals surface area contributed by atoms with Crippen molar-refractivity contribution in [3.63, 3.8) is 0 Å². The summed E-state index contributed by atoms with van der Waals surface area (Å²) in [6.45, 7) is 3.57. The summed E-state index contributed by atoms with van der Waals surface area (Å²) in [5.41, 5.74) is 2.46. The van der Waals surface area contributed by atoms with Gasteiger partial charge in [-0.1, -0.05) is 6.07 Å². The average Bonchev–Trinajstić information content (AvgIpc) is 3.66. The van der Waals surface area contributed by atoms with Gasteiger partial charge in [-0.05, 0) is 62.6 Å². The Labute approximate surface area is 202 Å². The van der Waals surface area contributed by atoms with Crippen LogP contribution in [0, 0.1) is 25.5 Å². The second-order valence-electron chi connectivity index (χ2n) is 9.02. The maximum atomic E-state index is 16.0. The molecule has 0 N–H and O–H groups in total. The van der Waals surface area contributed by atoms with Crippen LogP contribution >= 0.6 is 0 Å². The topological polar surface area (TPSA) is 53.4 Å². The Bertz CT molecular complexity index is 1480. The van der Waals surface area contributed by atoms with E-state index in [0.29, 0.717) is 39.6 Å². The largest absolute Gasteiger partial charge is 0.496 e. The monoisotopic (exact) mass is 476 g/mol. The fourth-order valence-electron chi connectivity index (χ4n) is 4.80. The van der Waals surface area contributed by atoms with Crippen LogP contribution in [0.4, 0.5) is 8.78 Å². The summed E-state index contributed by atoms with van der Waals surface area (Å²) in [5.74, 6) is -0.335. The molecule has 1 aliphatic rings. The molecule has 1 fully saturated rings. The number of methoxy groups -OCH3 is 2. The number of rotatable bonds is 6. The molecule has 0 unspecified atom stereocenters. The summed E-state index contributed by atoms with van der Waals surface area (Å²) in [5, 5.41) is 0.0320. The van der Waals surface area contributed by atoms with Crippen molar-refractivity contribution in [2.24, 2.45) is 0 Å². The van der Waals surface area contributed by atoms with E-state index < -0.39 is 17.1 Å². The Morgan fingerprint density at radius 1 is 1.03 bits per heavy atom. The molecule has 5 nitrogen and oxygen atoms in total. The van der Waals surface area contributed by atoms with Gasteiger partial charge in [-0.15, -0.1) is 0 Å². The quantitative estimate of drug-likeness (QED) is 0.348. The van der Waals surface area contributed by atoms with Gasteiger partial charge in [0.15, 0.2) is 11.2 Å². The number of aryl methyl sites for hydroxylation is 2. The lowest BCUT2D eigenvalue weighted by Gasteiger charge is -2.18. The van der Waals surface area contributed by atoms with Gasteiger partial charge in [0.05, 0.1) is 30.7 Å². The van der Waals surface area contributed by atoms with Crippen LogP contribution in [0.5, 0.6) is 11.5 Å². The second kappa shape index (κ2) is 8.80. The van der Waals surface area contributed by atoms with Gasteiger partial charge in [0.1, 0.15) is 17.3 Å². The number of benzene rings is 2. The van der Waals surface area contributed by atoms with Crippen molar-refractivity contribution in [2.45, 2.75) is 39.2 Å². The highest BCUT2D eigenvalue weighted by molar-refractivity contribution is 5.87. The molecule has 0 bridgehead atoms.